The number of carbonyl (C=O) groups is 1. The van der Waals surface area contributed by atoms with Crippen molar-refractivity contribution >= 4 is 50.1 Å². The molecule has 3 fully saturated rings. The van der Waals surface area contributed by atoms with Gasteiger partial charge in [0.05, 0.1) is 41.7 Å². The lowest BCUT2D eigenvalue weighted by molar-refractivity contribution is -0.0267. The predicted octanol–water partition coefficient (Wildman–Crippen LogP) is 5.48. The maximum Gasteiger partial charge on any atom is 0.282 e. The van der Waals surface area contributed by atoms with Crippen molar-refractivity contribution in [2.75, 3.05) is 41.3 Å². The molecule has 1 spiro atoms. The number of nitrogens with one attached hydrogen (secondary N) is 1. The Hall–Kier alpha value is -2.81. The summed E-state index contributed by atoms with van der Waals surface area (Å²) in [7, 11) is 0. The van der Waals surface area contributed by atoms with Crippen LogP contribution in [-0.2, 0) is 0 Å². The van der Waals surface area contributed by atoms with Gasteiger partial charge in [0.1, 0.15) is 11.3 Å². The second kappa shape index (κ2) is 7.86. The van der Waals surface area contributed by atoms with Crippen LogP contribution >= 0.6 is 15.9 Å². The quantitative estimate of drug-likeness (QED) is 0.486. The van der Waals surface area contributed by atoms with Gasteiger partial charge in [0.15, 0.2) is 0 Å². The highest BCUT2D eigenvalue weighted by Crippen LogP contribution is 2.54. The van der Waals surface area contributed by atoms with E-state index in [1.54, 1.807) is 18.2 Å². The molecule has 0 radical (unpaired) electrons. The minimum Gasteiger partial charge on any atom is -0.371 e. The summed E-state index contributed by atoms with van der Waals surface area (Å²) in [4.78, 5) is 26.1. The van der Waals surface area contributed by atoms with Crippen LogP contribution in [0, 0.1) is 5.41 Å². The third-order valence-electron chi connectivity index (χ3n) is 7.30. The van der Waals surface area contributed by atoms with Gasteiger partial charge in [0.25, 0.3) is 11.8 Å². The Bertz CT molecular complexity index is 1280. The van der Waals surface area contributed by atoms with E-state index in [0.29, 0.717) is 33.5 Å². The Morgan fingerprint density at radius 2 is 1.79 bits per heavy atom. The molecule has 6 nitrogen and oxygen atoms in total. The van der Waals surface area contributed by atoms with Gasteiger partial charge in [0, 0.05) is 17.6 Å². The van der Waals surface area contributed by atoms with Crippen molar-refractivity contribution in [2.45, 2.75) is 31.6 Å². The number of anilines is 3. The molecule has 9 heteroatoms. The maximum absolute atomic E-state index is 13.4. The Kier molecular flexibility index (Phi) is 5.02. The van der Waals surface area contributed by atoms with Gasteiger partial charge < -0.3 is 15.1 Å². The molecule has 0 atom stereocenters. The van der Waals surface area contributed by atoms with Crippen LogP contribution in [0.5, 0.6) is 0 Å². The Labute approximate surface area is 204 Å². The van der Waals surface area contributed by atoms with Gasteiger partial charge in [-0.05, 0) is 61.4 Å². The third-order valence-corrected chi connectivity index (χ3v) is 7.79. The number of fused-ring (bicyclic) bond motifs is 1. The molecule has 3 heterocycles. The summed E-state index contributed by atoms with van der Waals surface area (Å²) in [6, 6.07) is 11.1. The fraction of sp³-hybridized carbons (Fsp3) is 0.400. The Balaban J connectivity index is 1.25. The van der Waals surface area contributed by atoms with Crippen molar-refractivity contribution < 1.29 is 13.6 Å². The molecule has 0 unspecified atom stereocenters. The zero-order chi connectivity index (χ0) is 23.5. The van der Waals surface area contributed by atoms with E-state index >= 15 is 0 Å². The van der Waals surface area contributed by atoms with Crippen LogP contribution < -0.4 is 15.1 Å². The number of benzene rings is 2. The number of hydrogen-bond acceptors (Lipinski definition) is 5. The van der Waals surface area contributed by atoms with Crippen molar-refractivity contribution in [3.8, 4) is 0 Å². The van der Waals surface area contributed by atoms with Crippen molar-refractivity contribution in [1.82, 2.24) is 9.97 Å². The van der Waals surface area contributed by atoms with Crippen LogP contribution in [0.2, 0.25) is 0 Å². The molecule has 2 aliphatic heterocycles. The number of para-hydroxylation sites is 1. The lowest BCUT2D eigenvalue weighted by Crippen LogP contribution is -2.56. The first kappa shape index (κ1) is 21.7. The van der Waals surface area contributed by atoms with Gasteiger partial charge >= 0.3 is 0 Å². The van der Waals surface area contributed by atoms with Gasteiger partial charge in [-0.25, -0.2) is 18.7 Å². The number of carbonyl (C=O) groups excluding carboxylic acids is 1. The number of halogens is 3. The second-order valence-electron chi connectivity index (χ2n) is 9.72. The van der Waals surface area contributed by atoms with E-state index in [1.807, 2.05) is 18.2 Å². The first-order valence-corrected chi connectivity index (χ1v) is 12.3. The minimum atomic E-state index is -2.68. The van der Waals surface area contributed by atoms with E-state index in [-0.39, 0.29) is 19.0 Å². The minimum absolute atomic E-state index is 0.213. The zero-order valence-corrected chi connectivity index (χ0v) is 20.1. The smallest absolute Gasteiger partial charge is 0.282 e. The molecule has 176 valence electrons. The molecule has 3 aromatic rings. The molecule has 1 aliphatic carbocycles. The largest absolute Gasteiger partial charge is 0.371 e. The van der Waals surface area contributed by atoms with Crippen molar-refractivity contribution in [3.05, 3.63) is 52.6 Å². The van der Waals surface area contributed by atoms with E-state index in [4.69, 9.17) is 0 Å². The van der Waals surface area contributed by atoms with Gasteiger partial charge in [0.2, 0.25) is 0 Å². The van der Waals surface area contributed by atoms with E-state index in [1.165, 1.54) is 36.8 Å². The Morgan fingerprint density at radius 1 is 1.03 bits per heavy atom. The van der Waals surface area contributed by atoms with Gasteiger partial charge in [-0.1, -0.05) is 22.0 Å². The van der Waals surface area contributed by atoms with Crippen LogP contribution in [0.1, 0.15) is 36.0 Å². The van der Waals surface area contributed by atoms with E-state index in [2.05, 4.69) is 36.1 Å². The SMILES string of the molecule is O=C(Nc1cccc2nc(N3CC(F)(F)C3)cnc12)c1ccc(Br)cc1N1CCC2(CC1)CC2. The molecule has 1 aromatic heterocycles. The molecule has 0 bridgehead atoms. The average Bonchev–Trinajstić information content (AvgIpc) is 3.56. The monoisotopic (exact) mass is 527 g/mol. The van der Waals surface area contributed by atoms with Crippen LogP contribution in [-0.4, -0.2) is 48.0 Å². The topological polar surface area (TPSA) is 61.4 Å². The van der Waals surface area contributed by atoms with Gasteiger partial charge in [-0.15, -0.1) is 0 Å². The summed E-state index contributed by atoms with van der Waals surface area (Å²) in [6.45, 7) is 1.20. The molecule has 2 aromatic carbocycles. The number of aromatic nitrogens is 2. The molecule has 1 saturated carbocycles. The third kappa shape index (κ3) is 4.00. The molecule has 1 N–H and O–H groups in total. The molecule has 6 rings (SSSR count). The lowest BCUT2D eigenvalue weighted by Gasteiger charge is -2.39. The van der Waals surface area contributed by atoms with Gasteiger partial charge in [-0.2, -0.15) is 0 Å². The molecule has 34 heavy (non-hydrogen) atoms. The van der Waals surface area contributed by atoms with Crippen molar-refractivity contribution in [1.29, 1.82) is 0 Å². The number of nitrogens with zero attached hydrogens (tertiary/aromatic N) is 4. The van der Waals surface area contributed by atoms with E-state index in [0.717, 1.165) is 23.2 Å². The predicted molar refractivity (Wildman–Crippen MR) is 132 cm³/mol. The van der Waals surface area contributed by atoms with Crippen LogP contribution in [0.15, 0.2) is 47.1 Å². The van der Waals surface area contributed by atoms with Crippen LogP contribution in [0.4, 0.5) is 26.0 Å². The fourth-order valence-corrected chi connectivity index (χ4v) is 5.35. The second-order valence-corrected chi connectivity index (χ2v) is 10.6. The number of rotatable bonds is 4. The highest BCUT2D eigenvalue weighted by atomic mass is 79.9. The molecular weight excluding hydrogens is 504 g/mol. The van der Waals surface area contributed by atoms with E-state index < -0.39 is 5.92 Å². The highest BCUT2D eigenvalue weighted by molar-refractivity contribution is 9.10. The zero-order valence-electron chi connectivity index (χ0n) is 18.5. The first-order valence-electron chi connectivity index (χ1n) is 11.6. The lowest BCUT2D eigenvalue weighted by atomic mass is 9.93. The van der Waals surface area contributed by atoms with Crippen LogP contribution in [0.25, 0.3) is 11.0 Å². The van der Waals surface area contributed by atoms with Crippen molar-refractivity contribution in [3.63, 3.8) is 0 Å². The normalized spacial score (nSPS) is 20.3. The summed E-state index contributed by atoms with van der Waals surface area (Å²) in [6.07, 6.45) is 6.49. The number of hydrogen-bond donors (Lipinski definition) is 1. The first-order chi connectivity index (χ1) is 16.3. The molecule has 3 aliphatic rings. The van der Waals surface area contributed by atoms with Gasteiger partial charge in [-0.3, -0.25) is 4.79 Å². The average molecular weight is 528 g/mol. The molecule has 1 amide bonds. The summed E-state index contributed by atoms with van der Waals surface area (Å²) in [5.74, 6) is -2.48. The standard InChI is InChI=1S/C25H24BrF2N5O/c26-16-4-5-17(20(12-16)32-10-8-24(6-7-24)9-11-32)23(34)31-19-3-1-2-18-22(19)29-13-21(30-18)33-14-25(27,28)15-33/h1-5,12-13H,6-11,14-15H2,(H,31,34). The summed E-state index contributed by atoms with van der Waals surface area (Å²) in [5.41, 5.74) is 3.71. The van der Waals surface area contributed by atoms with Crippen molar-refractivity contribution in [2.24, 2.45) is 5.41 Å². The molecular formula is C25H24BrF2N5O. The maximum atomic E-state index is 13.4. The number of piperidine rings is 1. The Morgan fingerprint density at radius 3 is 2.50 bits per heavy atom. The van der Waals surface area contributed by atoms with Crippen LogP contribution in [0.3, 0.4) is 0 Å². The number of alkyl halides is 2. The summed E-state index contributed by atoms with van der Waals surface area (Å²) >= 11 is 3.55. The summed E-state index contributed by atoms with van der Waals surface area (Å²) < 4.78 is 27.4. The fourth-order valence-electron chi connectivity index (χ4n) is 5.01. The molecule has 2 saturated heterocycles. The highest BCUT2D eigenvalue weighted by Gasteiger charge is 2.45. The summed E-state index contributed by atoms with van der Waals surface area (Å²) in [5, 5.41) is 3.00. The number of amides is 1. The van der Waals surface area contributed by atoms with E-state index in [9.17, 15) is 13.6 Å².